The molecule has 0 aliphatic heterocycles. The lowest BCUT2D eigenvalue weighted by Crippen LogP contribution is -1.95. The third-order valence-electron chi connectivity index (χ3n) is 3.51. The average molecular weight is 325 g/mol. The second-order valence-electron chi connectivity index (χ2n) is 5.22. The first kappa shape index (κ1) is 15.9. The molecule has 2 N–H and O–H groups in total. The van der Waals surface area contributed by atoms with Crippen LogP contribution in [-0.2, 0) is 6.42 Å². The summed E-state index contributed by atoms with van der Waals surface area (Å²) in [6.45, 7) is 2.50. The van der Waals surface area contributed by atoms with Crippen LogP contribution in [0.1, 0.15) is 18.4 Å². The molecule has 3 aromatic rings. The van der Waals surface area contributed by atoms with E-state index in [4.69, 9.17) is 19.6 Å². The molecule has 1 heterocycles. The van der Waals surface area contributed by atoms with Crippen molar-refractivity contribution in [2.75, 3.05) is 19.5 Å². The van der Waals surface area contributed by atoms with Gasteiger partial charge in [0.05, 0.1) is 20.1 Å². The molecule has 0 unspecified atom stereocenters. The number of nitrogens with zero attached hydrogens (tertiary/aromatic N) is 2. The second-order valence-corrected chi connectivity index (χ2v) is 5.22. The third-order valence-corrected chi connectivity index (χ3v) is 3.51. The van der Waals surface area contributed by atoms with E-state index in [-0.39, 0.29) is 0 Å². The van der Waals surface area contributed by atoms with Crippen LogP contribution in [0.25, 0.3) is 11.5 Å². The van der Waals surface area contributed by atoms with Crippen LogP contribution in [0.3, 0.4) is 0 Å². The van der Waals surface area contributed by atoms with E-state index in [1.165, 1.54) is 0 Å². The molecule has 0 saturated heterocycles. The number of nitrogen functional groups attached to an aromatic ring is 1. The molecule has 0 fully saturated rings. The van der Waals surface area contributed by atoms with Gasteiger partial charge in [0, 0.05) is 11.3 Å². The van der Waals surface area contributed by atoms with E-state index in [0.717, 1.165) is 16.8 Å². The Morgan fingerprint density at radius 3 is 2.54 bits per heavy atom. The van der Waals surface area contributed by atoms with Gasteiger partial charge in [-0.05, 0) is 42.8 Å². The molecule has 0 aliphatic rings. The molecule has 24 heavy (non-hydrogen) atoms. The number of methoxy groups -OCH3 is 1. The van der Waals surface area contributed by atoms with Crippen LogP contribution in [-0.4, -0.2) is 23.9 Å². The van der Waals surface area contributed by atoms with Gasteiger partial charge < -0.3 is 19.6 Å². The number of hydrogen-bond acceptors (Lipinski definition) is 6. The van der Waals surface area contributed by atoms with Crippen molar-refractivity contribution < 1.29 is 13.9 Å². The summed E-state index contributed by atoms with van der Waals surface area (Å²) >= 11 is 0. The molecule has 2 aromatic carbocycles. The van der Waals surface area contributed by atoms with Gasteiger partial charge in [-0.2, -0.15) is 0 Å². The molecule has 0 bridgehead atoms. The van der Waals surface area contributed by atoms with Crippen molar-refractivity contribution in [2.45, 2.75) is 13.3 Å². The van der Waals surface area contributed by atoms with Crippen molar-refractivity contribution in [1.82, 2.24) is 10.2 Å². The van der Waals surface area contributed by atoms with Crippen LogP contribution in [0.15, 0.2) is 46.9 Å². The minimum absolute atomic E-state index is 0.446. The van der Waals surface area contributed by atoms with E-state index in [1.807, 2.05) is 49.4 Å². The van der Waals surface area contributed by atoms with Crippen molar-refractivity contribution >= 4 is 5.69 Å². The van der Waals surface area contributed by atoms with Gasteiger partial charge in [0.15, 0.2) is 11.5 Å². The molecule has 6 nitrogen and oxygen atoms in total. The van der Waals surface area contributed by atoms with Crippen molar-refractivity contribution in [3.05, 3.63) is 53.9 Å². The first-order valence-electron chi connectivity index (χ1n) is 7.67. The van der Waals surface area contributed by atoms with Gasteiger partial charge in [-0.3, -0.25) is 0 Å². The highest BCUT2D eigenvalue weighted by molar-refractivity contribution is 5.59. The predicted molar refractivity (Wildman–Crippen MR) is 91.1 cm³/mol. The monoisotopic (exact) mass is 325 g/mol. The second kappa shape index (κ2) is 7.04. The maximum absolute atomic E-state index is 5.75. The average Bonchev–Trinajstić information content (AvgIpc) is 3.06. The molecule has 0 spiro atoms. The first-order valence-corrected chi connectivity index (χ1v) is 7.67. The smallest absolute Gasteiger partial charge is 0.247 e. The summed E-state index contributed by atoms with van der Waals surface area (Å²) in [5.74, 6) is 2.31. The number of hydrogen-bond donors (Lipinski definition) is 1. The van der Waals surface area contributed by atoms with E-state index < -0.39 is 0 Å². The normalized spacial score (nSPS) is 10.6. The fourth-order valence-corrected chi connectivity index (χ4v) is 2.33. The van der Waals surface area contributed by atoms with Gasteiger partial charge in [-0.1, -0.05) is 12.1 Å². The Labute approximate surface area is 140 Å². The first-order chi connectivity index (χ1) is 11.7. The van der Waals surface area contributed by atoms with Crippen LogP contribution >= 0.6 is 0 Å². The summed E-state index contributed by atoms with van der Waals surface area (Å²) < 4.78 is 16.6. The fraction of sp³-hybridized carbons (Fsp3) is 0.222. The highest BCUT2D eigenvalue weighted by Crippen LogP contribution is 2.32. The van der Waals surface area contributed by atoms with E-state index in [0.29, 0.717) is 36.3 Å². The highest BCUT2D eigenvalue weighted by atomic mass is 16.5. The molecule has 0 amide bonds. The Morgan fingerprint density at radius 2 is 1.83 bits per heavy atom. The number of rotatable bonds is 6. The van der Waals surface area contributed by atoms with Crippen LogP contribution in [0.2, 0.25) is 0 Å². The van der Waals surface area contributed by atoms with E-state index in [2.05, 4.69) is 10.2 Å². The molecule has 124 valence electrons. The summed E-state index contributed by atoms with van der Waals surface area (Å²) in [7, 11) is 1.60. The van der Waals surface area contributed by atoms with Gasteiger partial charge in [0.25, 0.3) is 0 Å². The summed E-state index contributed by atoms with van der Waals surface area (Å²) in [6, 6.07) is 13.1. The van der Waals surface area contributed by atoms with Crippen molar-refractivity contribution in [3.63, 3.8) is 0 Å². The van der Waals surface area contributed by atoms with Crippen molar-refractivity contribution in [3.8, 4) is 23.0 Å². The lowest BCUT2D eigenvalue weighted by molar-refractivity contribution is 0.311. The Kier molecular flexibility index (Phi) is 4.65. The summed E-state index contributed by atoms with van der Waals surface area (Å²) in [5.41, 5.74) is 8.26. The molecular formula is C18H19N3O3. The van der Waals surface area contributed by atoms with Gasteiger partial charge in [0.1, 0.15) is 0 Å². The molecule has 1 aromatic heterocycles. The van der Waals surface area contributed by atoms with E-state index in [9.17, 15) is 0 Å². The largest absolute Gasteiger partial charge is 0.493 e. The Balaban J connectivity index is 1.81. The molecule has 6 heteroatoms. The third kappa shape index (κ3) is 3.48. The minimum Gasteiger partial charge on any atom is -0.493 e. The zero-order chi connectivity index (χ0) is 16.9. The Morgan fingerprint density at radius 1 is 1.04 bits per heavy atom. The number of nitrogens with two attached hydrogens (primary N) is 1. The van der Waals surface area contributed by atoms with Gasteiger partial charge >= 0.3 is 0 Å². The van der Waals surface area contributed by atoms with Crippen molar-refractivity contribution in [1.29, 1.82) is 0 Å². The molecular weight excluding hydrogens is 306 g/mol. The standard InChI is InChI=1S/C18H19N3O3/c1-3-23-15-9-6-13(11-16(15)22-2)18-21-20-17(24-18)10-12-4-7-14(19)8-5-12/h4-9,11H,3,10,19H2,1-2H3. The van der Waals surface area contributed by atoms with E-state index in [1.54, 1.807) is 7.11 Å². The van der Waals surface area contributed by atoms with Gasteiger partial charge in [-0.15, -0.1) is 10.2 Å². The number of anilines is 1. The maximum atomic E-state index is 5.75. The number of benzene rings is 2. The maximum Gasteiger partial charge on any atom is 0.247 e. The molecule has 0 aliphatic carbocycles. The Bertz CT molecular complexity index is 813. The lowest BCUT2D eigenvalue weighted by Gasteiger charge is -2.09. The minimum atomic E-state index is 0.446. The van der Waals surface area contributed by atoms with Crippen LogP contribution in [0, 0.1) is 0 Å². The SMILES string of the molecule is CCOc1ccc(-c2nnc(Cc3ccc(N)cc3)o2)cc1OC. The zero-order valence-corrected chi connectivity index (χ0v) is 13.7. The highest BCUT2D eigenvalue weighted by Gasteiger charge is 2.12. The molecule has 3 rings (SSSR count). The summed E-state index contributed by atoms with van der Waals surface area (Å²) in [6.07, 6.45) is 0.557. The van der Waals surface area contributed by atoms with E-state index >= 15 is 0 Å². The molecule has 0 radical (unpaired) electrons. The van der Waals surface area contributed by atoms with Crippen LogP contribution < -0.4 is 15.2 Å². The predicted octanol–water partition coefficient (Wildman–Crippen LogP) is 3.32. The lowest BCUT2D eigenvalue weighted by atomic mass is 10.1. The molecule has 0 saturated carbocycles. The van der Waals surface area contributed by atoms with Crippen molar-refractivity contribution in [2.24, 2.45) is 0 Å². The van der Waals surface area contributed by atoms with Crippen LogP contribution in [0.4, 0.5) is 5.69 Å². The molecule has 0 atom stereocenters. The topological polar surface area (TPSA) is 83.4 Å². The quantitative estimate of drug-likeness (QED) is 0.700. The number of aromatic nitrogens is 2. The van der Waals surface area contributed by atoms with Gasteiger partial charge in [-0.25, -0.2) is 0 Å². The Hall–Kier alpha value is -3.02. The summed E-state index contributed by atoms with van der Waals surface area (Å²) in [5, 5.41) is 8.22. The fourth-order valence-electron chi connectivity index (χ4n) is 2.33. The van der Waals surface area contributed by atoms with Gasteiger partial charge in [0.2, 0.25) is 11.8 Å². The van der Waals surface area contributed by atoms with Crippen LogP contribution in [0.5, 0.6) is 11.5 Å². The summed E-state index contributed by atoms with van der Waals surface area (Å²) in [4.78, 5) is 0. The zero-order valence-electron chi connectivity index (χ0n) is 13.7. The number of ether oxygens (including phenoxy) is 2.